The lowest BCUT2D eigenvalue weighted by atomic mass is 9.44. The predicted octanol–water partition coefficient (Wildman–Crippen LogP) is 4.58. The summed E-state index contributed by atoms with van der Waals surface area (Å²) in [6.45, 7) is 7.42. The van der Waals surface area contributed by atoms with Crippen molar-refractivity contribution in [3.05, 3.63) is 0 Å². The van der Waals surface area contributed by atoms with Crippen molar-refractivity contribution in [2.24, 2.45) is 46.3 Å². The Morgan fingerprint density at radius 1 is 1.21 bits per heavy atom. The molecule has 0 aromatic heterocycles. The molecule has 1 heterocycles. The van der Waals surface area contributed by atoms with Crippen molar-refractivity contribution in [3.63, 3.8) is 0 Å². The lowest BCUT2D eigenvalue weighted by Gasteiger charge is -2.59. The third kappa shape index (κ3) is 2.87. The lowest BCUT2D eigenvalue weighted by Crippen LogP contribution is -2.57. The highest BCUT2D eigenvalue weighted by Crippen LogP contribution is 2.73. The number of aliphatic hydroxyl groups is 1. The first-order valence-electron chi connectivity index (χ1n) is 12.2. The third-order valence-corrected chi connectivity index (χ3v) is 10.7. The average molecular weight is 405 g/mol. The van der Waals surface area contributed by atoms with Crippen molar-refractivity contribution >= 4 is 5.97 Å². The second-order valence-electron chi connectivity index (χ2n) is 11.7. The third-order valence-electron chi connectivity index (χ3n) is 10.7. The number of rotatable bonds is 4. The lowest BCUT2D eigenvalue weighted by molar-refractivity contribution is -0.141. The predicted molar refractivity (Wildman–Crippen MR) is 111 cm³/mol. The molecule has 5 aliphatic rings. The molecule has 0 amide bonds. The van der Waals surface area contributed by atoms with Gasteiger partial charge in [0, 0.05) is 11.8 Å². The zero-order valence-electron chi connectivity index (χ0n) is 18.7. The molecule has 4 saturated carbocycles. The maximum absolute atomic E-state index is 11.7. The summed E-state index contributed by atoms with van der Waals surface area (Å²) in [5.41, 5.74) is 0.635. The smallest absolute Gasteiger partial charge is 0.305 e. The normalized spacial score (nSPS) is 53.8. The van der Waals surface area contributed by atoms with Gasteiger partial charge in [-0.05, 0) is 92.3 Å². The van der Waals surface area contributed by atoms with E-state index in [2.05, 4.69) is 20.8 Å². The van der Waals surface area contributed by atoms with Crippen molar-refractivity contribution in [2.45, 2.75) is 96.9 Å². The fourth-order valence-electron chi connectivity index (χ4n) is 9.21. The number of aliphatic hydroxyl groups excluding tert-OH is 1. The van der Waals surface area contributed by atoms with Gasteiger partial charge in [0.25, 0.3) is 0 Å². The summed E-state index contributed by atoms with van der Waals surface area (Å²) in [5, 5.41) is 10.3. The highest BCUT2D eigenvalue weighted by atomic mass is 16.6. The van der Waals surface area contributed by atoms with Gasteiger partial charge in [-0.3, -0.25) is 4.79 Å². The molecular weight excluding hydrogens is 364 g/mol. The molecule has 4 nitrogen and oxygen atoms in total. The molecule has 0 spiro atoms. The monoisotopic (exact) mass is 404 g/mol. The first-order chi connectivity index (χ1) is 13.8. The molecule has 5 rings (SSSR count). The van der Waals surface area contributed by atoms with Crippen molar-refractivity contribution in [1.29, 1.82) is 0 Å². The van der Waals surface area contributed by atoms with Crippen LogP contribution in [0.15, 0.2) is 0 Å². The van der Waals surface area contributed by atoms with Gasteiger partial charge in [0.2, 0.25) is 0 Å². The van der Waals surface area contributed by atoms with Crippen LogP contribution < -0.4 is 0 Å². The van der Waals surface area contributed by atoms with E-state index in [4.69, 9.17) is 9.47 Å². The zero-order chi connectivity index (χ0) is 20.6. The molecular formula is C25H40O4. The molecule has 0 aromatic rings. The Kier molecular flexibility index (Phi) is 4.87. The molecule has 5 fully saturated rings. The molecule has 0 bridgehead atoms. The number of esters is 1. The number of methoxy groups -OCH3 is 1. The van der Waals surface area contributed by atoms with Gasteiger partial charge in [-0.2, -0.15) is 0 Å². The van der Waals surface area contributed by atoms with Gasteiger partial charge in [0.1, 0.15) is 0 Å². The summed E-state index contributed by atoms with van der Waals surface area (Å²) in [6, 6.07) is 0. The molecule has 0 unspecified atom stereocenters. The van der Waals surface area contributed by atoms with Crippen LogP contribution in [0.25, 0.3) is 0 Å². The molecule has 0 aromatic carbocycles. The van der Waals surface area contributed by atoms with Gasteiger partial charge in [0.15, 0.2) is 0 Å². The van der Waals surface area contributed by atoms with Crippen LogP contribution in [0.4, 0.5) is 0 Å². The minimum atomic E-state index is -0.0825. The van der Waals surface area contributed by atoms with Gasteiger partial charge in [-0.25, -0.2) is 0 Å². The van der Waals surface area contributed by atoms with Gasteiger partial charge >= 0.3 is 5.97 Å². The van der Waals surface area contributed by atoms with Gasteiger partial charge in [-0.1, -0.05) is 20.8 Å². The van der Waals surface area contributed by atoms with Crippen LogP contribution >= 0.6 is 0 Å². The van der Waals surface area contributed by atoms with Gasteiger partial charge < -0.3 is 14.6 Å². The molecule has 4 heteroatoms. The summed E-state index contributed by atoms with van der Waals surface area (Å²) in [5.74, 6) is 4.06. The molecule has 1 saturated heterocycles. The fourth-order valence-corrected chi connectivity index (χ4v) is 9.21. The molecule has 29 heavy (non-hydrogen) atoms. The number of ether oxygens (including phenoxy) is 2. The first-order valence-corrected chi connectivity index (χ1v) is 12.2. The van der Waals surface area contributed by atoms with Crippen LogP contribution in [0.5, 0.6) is 0 Å². The molecule has 11 atom stereocenters. The van der Waals surface area contributed by atoms with Crippen LogP contribution in [-0.4, -0.2) is 36.5 Å². The fraction of sp³-hybridized carbons (Fsp3) is 0.960. The zero-order valence-corrected chi connectivity index (χ0v) is 18.7. The van der Waals surface area contributed by atoms with E-state index in [0.29, 0.717) is 47.7 Å². The van der Waals surface area contributed by atoms with Crippen molar-refractivity contribution < 1.29 is 19.4 Å². The second kappa shape index (κ2) is 6.95. The van der Waals surface area contributed by atoms with Crippen LogP contribution in [0.3, 0.4) is 0 Å². The minimum absolute atomic E-state index is 0.0773. The second-order valence-corrected chi connectivity index (χ2v) is 11.7. The molecule has 1 N–H and O–H groups in total. The number of hydrogen-bond acceptors (Lipinski definition) is 4. The number of fused-ring (bicyclic) bond motifs is 8. The number of epoxide rings is 1. The molecule has 164 valence electrons. The van der Waals surface area contributed by atoms with Crippen LogP contribution in [-0.2, 0) is 14.3 Å². The Bertz CT molecular complexity index is 663. The van der Waals surface area contributed by atoms with Crippen LogP contribution in [0.2, 0.25) is 0 Å². The van der Waals surface area contributed by atoms with Crippen molar-refractivity contribution in [1.82, 2.24) is 0 Å². The highest BCUT2D eigenvalue weighted by molar-refractivity contribution is 5.69. The summed E-state index contributed by atoms with van der Waals surface area (Å²) in [6.07, 6.45) is 10.7. The number of carbonyl (C=O) groups excluding carboxylic acids is 1. The van der Waals surface area contributed by atoms with E-state index < -0.39 is 0 Å². The van der Waals surface area contributed by atoms with E-state index in [1.54, 1.807) is 0 Å². The van der Waals surface area contributed by atoms with Crippen LogP contribution in [0.1, 0.15) is 78.6 Å². The number of carbonyl (C=O) groups is 1. The summed E-state index contributed by atoms with van der Waals surface area (Å²) >= 11 is 0. The Hall–Kier alpha value is -0.610. The topological polar surface area (TPSA) is 59.1 Å². The maximum Gasteiger partial charge on any atom is 0.305 e. The Labute approximate surface area is 176 Å². The van der Waals surface area contributed by atoms with Gasteiger partial charge in [0.05, 0.1) is 25.4 Å². The molecule has 4 aliphatic carbocycles. The van der Waals surface area contributed by atoms with E-state index in [-0.39, 0.29) is 17.5 Å². The van der Waals surface area contributed by atoms with Crippen LogP contribution in [0, 0.1) is 46.3 Å². The Morgan fingerprint density at radius 2 is 2.00 bits per heavy atom. The minimum Gasteiger partial charge on any atom is -0.469 e. The van der Waals surface area contributed by atoms with E-state index >= 15 is 0 Å². The summed E-state index contributed by atoms with van der Waals surface area (Å²) in [4.78, 5) is 11.7. The molecule has 1 aliphatic heterocycles. The van der Waals surface area contributed by atoms with Gasteiger partial charge in [-0.15, -0.1) is 0 Å². The molecule has 0 radical (unpaired) electrons. The van der Waals surface area contributed by atoms with Crippen molar-refractivity contribution in [3.8, 4) is 0 Å². The largest absolute Gasteiger partial charge is 0.469 e. The first kappa shape index (κ1) is 20.3. The standard InChI is InChI=1S/C25H40O4/c1-14(5-10-20(27)28-4)18-8-9-19-17-7-6-15-13-16(26)11-12-24(15,2)21(17)22-23(29-22)25(18,19)3/h14-19,21-23,26H,5-13H2,1-4H3/t14-,15-,16-,17+,18-,19+,21-,22+,23+,24-,25+/m0/s1. The highest BCUT2D eigenvalue weighted by Gasteiger charge is 2.73. The van der Waals surface area contributed by atoms with E-state index in [0.717, 1.165) is 31.1 Å². The van der Waals surface area contributed by atoms with E-state index in [9.17, 15) is 9.90 Å². The quantitative estimate of drug-likeness (QED) is 0.550. The summed E-state index contributed by atoms with van der Waals surface area (Å²) in [7, 11) is 1.49. The summed E-state index contributed by atoms with van der Waals surface area (Å²) < 4.78 is 11.5. The van der Waals surface area contributed by atoms with E-state index in [1.165, 1.54) is 39.2 Å². The Balaban J connectivity index is 1.37. The van der Waals surface area contributed by atoms with E-state index in [1.807, 2.05) is 0 Å². The van der Waals surface area contributed by atoms with Crippen molar-refractivity contribution in [2.75, 3.05) is 7.11 Å². The average Bonchev–Trinajstić information content (AvgIpc) is 3.42. The maximum atomic E-state index is 11.7. The number of hydrogen-bond donors (Lipinski definition) is 1. The SMILES string of the molecule is COC(=O)CC[C@H](C)[C@@H]1CC[C@@H]2[C@H]3CC[C@H]4C[C@@H](O)CC[C@]4(C)[C@@H]3[C@H]3O[C@H]3[C@@]21C. The Morgan fingerprint density at radius 3 is 2.76 bits per heavy atom.